The fraction of sp³-hybridized carbons (Fsp3) is 0.462. The van der Waals surface area contributed by atoms with Crippen molar-refractivity contribution >= 4 is 16.8 Å². The van der Waals surface area contributed by atoms with Gasteiger partial charge in [-0.1, -0.05) is 6.07 Å². The standard InChI is InChI=1S/C13H15ClO2/c1-13(2,12(14)15)16-11-7-6-9-4-3-5-10(9)8-11/h6-8H,3-5H2,1-2H3. The third-order valence-corrected chi connectivity index (χ3v) is 3.37. The molecule has 1 aliphatic carbocycles. The molecule has 2 rings (SSSR count). The van der Waals surface area contributed by atoms with E-state index >= 15 is 0 Å². The molecule has 1 aromatic carbocycles. The molecule has 0 saturated carbocycles. The highest BCUT2D eigenvalue weighted by Crippen LogP contribution is 2.28. The molecule has 0 aliphatic heterocycles. The van der Waals surface area contributed by atoms with Crippen LogP contribution in [0.5, 0.6) is 5.75 Å². The van der Waals surface area contributed by atoms with E-state index in [0.29, 0.717) is 0 Å². The summed E-state index contributed by atoms with van der Waals surface area (Å²) in [5.74, 6) is 0.722. The van der Waals surface area contributed by atoms with E-state index < -0.39 is 10.8 Å². The van der Waals surface area contributed by atoms with Crippen LogP contribution in [0.2, 0.25) is 0 Å². The van der Waals surface area contributed by atoms with Gasteiger partial charge >= 0.3 is 0 Å². The Kier molecular flexibility index (Phi) is 2.94. The van der Waals surface area contributed by atoms with Crippen molar-refractivity contribution in [2.24, 2.45) is 0 Å². The fourth-order valence-electron chi connectivity index (χ4n) is 1.95. The third-order valence-electron chi connectivity index (χ3n) is 2.92. The van der Waals surface area contributed by atoms with Gasteiger partial charge in [-0.2, -0.15) is 0 Å². The normalized spacial score (nSPS) is 14.7. The second-order valence-electron chi connectivity index (χ2n) is 4.67. The summed E-state index contributed by atoms with van der Waals surface area (Å²) in [6.07, 6.45) is 3.45. The van der Waals surface area contributed by atoms with Gasteiger partial charge in [0.25, 0.3) is 5.24 Å². The molecule has 0 radical (unpaired) electrons. The summed E-state index contributed by atoms with van der Waals surface area (Å²) in [4.78, 5) is 11.1. The minimum absolute atomic E-state index is 0.479. The number of benzene rings is 1. The zero-order valence-corrected chi connectivity index (χ0v) is 10.3. The van der Waals surface area contributed by atoms with E-state index in [9.17, 15) is 4.79 Å². The topological polar surface area (TPSA) is 26.3 Å². The first-order valence-electron chi connectivity index (χ1n) is 5.50. The van der Waals surface area contributed by atoms with Crippen LogP contribution in [-0.4, -0.2) is 10.8 Å². The average Bonchev–Trinajstić information content (AvgIpc) is 2.63. The average molecular weight is 239 g/mol. The maximum absolute atomic E-state index is 11.1. The van der Waals surface area contributed by atoms with Crippen LogP contribution in [0.3, 0.4) is 0 Å². The van der Waals surface area contributed by atoms with Crippen molar-refractivity contribution in [2.45, 2.75) is 38.7 Å². The Morgan fingerprint density at radius 2 is 2.00 bits per heavy atom. The fourth-order valence-corrected chi connectivity index (χ4v) is 1.99. The molecule has 2 nitrogen and oxygen atoms in total. The second kappa shape index (κ2) is 4.10. The van der Waals surface area contributed by atoms with Crippen molar-refractivity contribution in [1.29, 1.82) is 0 Å². The van der Waals surface area contributed by atoms with E-state index in [-0.39, 0.29) is 0 Å². The molecule has 0 saturated heterocycles. The molecule has 0 spiro atoms. The minimum atomic E-state index is -0.964. The van der Waals surface area contributed by atoms with Crippen molar-refractivity contribution in [3.05, 3.63) is 29.3 Å². The Morgan fingerprint density at radius 3 is 2.69 bits per heavy atom. The highest BCUT2D eigenvalue weighted by molar-refractivity contribution is 6.65. The van der Waals surface area contributed by atoms with E-state index in [0.717, 1.165) is 18.6 Å². The van der Waals surface area contributed by atoms with E-state index in [1.165, 1.54) is 17.5 Å². The van der Waals surface area contributed by atoms with Crippen LogP contribution in [-0.2, 0) is 17.6 Å². The third kappa shape index (κ3) is 2.22. The highest BCUT2D eigenvalue weighted by atomic mass is 35.5. The Hall–Kier alpha value is -1.02. The van der Waals surface area contributed by atoms with E-state index in [1.54, 1.807) is 13.8 Å². The monoisotopic (exact) mass is 238 g/mol. The number of aryl methyl sites for hydroxylation is 2. The lowest BCUT2D eigenvalue weighted by molar-refractivity contribution is -0.123. The number of carbonyl (C=O) groups is 1. The summed E-state index contributed by atoms with van der Waals surface area (Å²) >= 11 is 5.47. The van der Waals surface area contributed by atoms with E-state index in [2.05, 4.69) is 6.07 Å². The molecule has 0 fully saturated rings. The van der Waals surface area contributed by atoms with Crippen LogP contribution in [0.1, 0.15) is 31.4 Å². The number of hydrogen-bond acceptors (Lipinski definition) is 2. The van der Waals surface area contributed by atoms with E-state index in [4.69, 9.17) is 16.3 Å². The molecule has 16 heavy (non-hydrogen) atoms. The lowest BCUT2D eigenvalue weighted by Gasteiger charge is -2.22. The Balaban J connectivity index is 2.20. The van der Waals surface area contributed by atoms with Gasteiger partial charge in [0.15, 0.2) is 5.60 Å². The van der Waals surface area contributed by atoms with Gasteiger partial charge < -0.3 is 4.74 Å². The summed E-state index contributed by atoms with van der Waals surface area (Å²) in [6, 6.07) is 6.00. The smallest absolute Gasteiger partial charge is 0.264 e. The summed E-state index contributed by atoms with van der Waals surface area (Å²) in [5.41, 5.74) is 1.76. The van der Waals surface area contributed by atoms with Gasteiger partial charge in [0.1, 0.15) is 5.75 Å². The highest BCUT2D eigenvalue weighted by Gasteiger charge is 2.28. The number of carbonyl (C=O) groups excluding carboxylic acids is 1. The number of rotatable bonds is 3. The number of hydrogen-bond donors (Lipinski definition) is 0. The molecule has 0 heterocycles. The molecular weight excluding hydrogens is 224 g/mol. The molecule has 3 heteroatoms. The van der Waals surface area contributed by atoms with Gasteiger partial charge in [0, 0.05) is 0 Å². The first kappa shape index (κ1) is 11.5. The molecule has 0 aromatic heterocycles. The predicted molar refractivity (Wildman–Crippen MR) is 64.0 cm³/mol. The maximum atomic E-state index is 11.1. The van der Waals surface area contributed by atoms with Crippen molar-refractivity contribution in [2.75, 3.05) is 0 Å². The Bertz CT molecular complexity index is 424. The van der Waals surface area contributed by atoms with Gasteiger partial charge in [-0.05, 0) is 68.0 Å². The van der Waals surface area contributed by atoms with Crippen molar-refractivity contribution < 1.29 is 9.53 Å². The van der Waals surface area contributed by atoms with Crippen LogP contribution in [0.15, 0.2) is 18.2 Å². The molecular formula is C13H15ClO2. The molecule has 0 amide bonds. The van der Waals surface area contributed by atoms with Crippen LogP contribution in [0, 0.1) is 0 Å². The summed E-state index contributed by atoms with van der Waals surface area (Å²) in [7, 11) is 0. The number of ether oxygens (including phenoxy) is 1. The summed E-state index contributed by atoms with van der Waals surface area (Å²) in [6.45, 7) is 3.35. The minimum Gasteiger partial charge on any atom is -0.479 e. The first-order chi connectivity index (χ1) is 7.49. The van der Waals surface area contributed by atoms with Crippen LogP contribution in [0.25, 0.3) is 0 Å². The number of fused-ring (bicyclic) bond motifs is 1. The molecule has 0 unspecified atom stereocenters. The first-order valence-corrected chi connectivity index (χ1v) is 5.87. The molecule has 1 aromatic rings. The van der Waals surface area contributed by atoms with Crippen molar-refractivity contribution in [1.82, 2.24) is 0 Å². The molecule has 0 N–H and O–H groups in total. The Morgan fingerprint density at radius 1 is 1.31 bits per heavy atom. The summed E-state index contributed by atoms with van der Waals surface area (Å²) < 4.78 is 5.61. The zero-order chi connectivity index (χ0) is 11.8. The second-order valence-corrected chi connectivity index (χ2v) is 5.01. The van der Waals surface area contributed by atoms with Crippen LogP contribution in [0.4, 0.5) is 0 Å². The maximum Gasteiger partial charge on any atom is 0.264 e. The Labute approximate surface area is 101 Å². The van der Waals surface area contributed by atoms with Crippen LogP contribution >= 0.6 is 11.6 Å². The van der Waals surface area contributed by atoms with Gasteiger partial charge in [-0.3, -0.25) is 4.79 Å². The lowest BCUT2D eigenvalue weighted by Crippen LogP contribution is -2.34. The van der Waals surface area contributed by atoms with Crippen LogP contribution < -0.4 is 4.74 Å². The van der Waals surface area contributed by atoms with Gasteiger partial charge in [-0.25, -0.2) is 0 Å². The van der Waals surface area contributed by atoms with Gasteiger partial charge in [0.05, 0.1) is 0 Å². The van der Waals surface area contributed by atoms with Crippen molar-refractivity contribution in [3.63, 3.8) is 0 Å². The molecule has 1 aliphatic rings. The largest absolute Gasteiger partial charge is 0.479 e. The summed E-state index contributed by atoms with van der Waals surface area (Å²) in [5, 5.41) is -0.479. The lowest BCUT2D eigenvalue weighted by atomic mass is 10.1. The molecule has 0 atom stereocenters. The van der Waals surface area contributed by atoms with E-state index in [1.807, 2.05) is 12.1 Å². The predicted octanol–water partition coefficient (Wildman–Crippen LogP) is 3.10. The zero-order valence-electron chi connectivity index (χ0n) is 9.55. The molecule has 86 valence electrons. The molecule has 0 bridgehead atoms. The SMILES string of the molecule is CC(C)(Oc1ccc2c(c1)CCC2)C(=O)Cl. The van der Waals surface area contributed by atoms with Crippen molar-refractivity contribution in [3.8, 4) is 5.75 Å². The van der Waals surface area contributed by atoms with Gasteiger partial charge in [0.2, 0.25) is 0 Å². The number of halogens is 1. The van der Waals surface area contributed by atoms with Gasteiger partial charge in [-0.15, -0.1) is 0 Å². The quantitative estimate of drug-likeness (QED) is 0.757.